The van der Waals surface area contributed by atoms with Gasteiger partial charge in [-0.1, -0.05) is 18.2 Å². The van der Waals surface area contributed by atoms with Gasteiger partial charge in [0, 0.05) is 22.7 Å². The van der Waals surface area contributed by atoms with Gasteiger partial charge in [-0.05, 0) is 12.1 Å². The fourth-order valence-electron chi connectivity index (χ4n) is 2.29. The summed E-state index contributed by atoms with van der Waals surface area (Å²) < 4.78 is 28.7. The van der Waals surface area contributed by atoms with Gasteiger partial charge in [0.2, 0.25) is 0 Å². The highest BCUT2D eigenvalue weighted by atomic mass is 19.1. The van der Waals surface area contributed by atoms with Crippen LogP contribution < -0.4 is 5.73 Å². The Labute approximate surface area is 119 Å². The Hall–Kier alpha value is -2.76. The van der Waals surface area contributed by atoms with Crippen LogP contribution in [0.15, 0.2) is 42.7 Å². The van der Waals surface area contributed by atoms with E-state index >= 15 is 0 Å². The predicted molar refractivity (Wildman–Crippen MR) is 76.2 cm³/mol. The average molecular weight is 286 g/mol. The van der Waals surface area contributed by atoms with Crippen LogP contribution in [0.5, 0.6) is 0 Å². The number of pyridine rings is 1. The van der Waals surface area contributed by atoms with Crippen LogP contribution in [0.4, 0.5) is 8.78 Å². The lowest BCUT2D eigenvalue weighted by molar-refractivity contribution is 0.601. The summed E-state index contributed by atoms with van der Waals surface area (Å²) >= 11 is 0. The van der Waals surface area contributed by atoms with E-state index in [0.717, 1.165) is 6.20 Å². The van der Waals surface area contributed by atoms with Crippen LogP contribution in [-0.2, 0) is 6.54 Å². The molecule has 6 heteroatoms. The maximum Gasteiger partial charge on any atom is 0.142 e. The number of nitrogen functional groups attached to an aromatic ring is 1. The van der Waals surface area contributed by atoms with Gasteiger partial charge in [0.25, 0.3) is 0 Å². The number of halogens is 2. The fraction of sp³-hybridized carbons (Fsp3) is 0.0667. The molecule has 106 valence electrons. The van der Waals surface area contributed by atoms with Crippen molar-refractivity contribution < 1.29 is 8.78 Å². The second kappa shape index (κ2) is 4.97. The first-order valence-corrected chi connectivity index (χ1v) is 6.28. The molecule has 2 aromatic heterocycles. The summed E-state index contributed by atoms with van der Waals surface area (Å²) in [6.45, 7) is 0.231. The van der Waals surface area contributed by atoms with Crippen LogP contribution in [0, 0.1) is 17.0 Å². The Kier molecular flexibility index (Phi) is 3.13. The molecule has 0 spiro atoms. The van der Waals surface area contributed by atoms with Crippen LogP contribution in [0.2, 0.25) is 0 Å². The van der Waals surface area contributed by atoms with E-state index in [-0.39, 0.29) is 18.2 Å². The SMILES string of the molecule is N=C(N)c1cn(Cc2ccccc2F)c2ncc(F)cc12. The Morgan fingerprint density at radius 3 is 2.76 bits per heavy atom. The third-order valence-electron chi connectivity index (χ3n) is 3.27. The highest BCUT2D eigenvalue weighted by Gasteiger charge is 2.14. The number of amidine groups is 1. The maximum atomic E-state index is 13.7. The molecule has 0 radical (unpaired) electrons. The summed E-state index contributed by atoms with van der Waals surface area (Å²) in [6.07, 6.45) is 2.68. The number of fused-ring (bicyclic) bond motifs is 1. The topological polar surface area (TPSA) is 67.7 Å². The minimum Gasteiger partial charge on any atom is -0.384 e. The number of nitrogens with zero attached hydrogens (tertiary/aromatic N) is 2. The molecule has 0 aliphatic rings. The molecule has 0 fully saturated rings. The molecule has 4 nitrogen and oxygen atoms in total. The van der Waals surface area contributed by atoms with Crippen molar-refractivity contribution in [1.29, 1.82) is 5.41 Å². The molecule has 0 saturated carbocycles. The lowest BCUT2D eigenvalue weighted by Gasteiger charge is -2.05. The summed E-state index contributed by atoms with van der Waals surface area (Å²) in [4.78, 5) is 4.02. The first kappa shape index (κ1) is 13.2. The van der Waals surface area contributed by atoms with E-state index in [4.69, 9.17) is 11.1 Å². The lowest BCUT2D eigenvalue weighted by Crippen LogP contribution is -2.10. The number of aromatic nitrogens is 2. The Morgan fingerprint density at radius 1 is 1.29 bits per heavy atom. The van der Waals surface area contributed by atoms with E-state index < -0.39 is 5.82 Å². The minimum atomic E-state index is -0.506. The molecule has 0 aliphatic heterocycles. The lowest BCUT2D eigenvalue weighted by atomic mass is 10.2. The first-order valence-electron chi connectivity index (χ1n) is 6.28. The van der Waals surface area contributed by atoms with E-state index in [2.05, 4.69) is 4.98 Å². The molecule has 0 unspecified atom stereocenters. The molecule has 0 aliphatic carbocycles. The van der Waals surface area contributed by atoms with E-state index in [9.17, 15) is 8.78 Å². The van der Waals surface area contributed by atoms with Crippen molar-refractivity contribution in [3.8, 4) is 0 Å². The molecular weight excluding hydrogens is 274 g/mol. The quantitative estimate of drug-likeness (QED) is 0.574. The van der Waals surface area contributed by atoms with Gasteiger partial charge >= 0.3 is 0 Å². The normalized spacial score (nSPS) is 11.0. The third kappa shape index (κ3) is 2.35. The van der Waals surface area contributed by atoms with Crippen LogP contribution in [0.1, 0.15) is 11.1 Å². The average Bonchev–Trinajstić information content (AvgIpc) is 2.79. The molecule has 3 aromatic rings. The van der Waals surface area contributed by atoms with Crippen molar-refractivity contribution in [2.24, 2.45) is 5.73 Å². The van der Waals surface area contributed by atoms with Crippen LogP contribution >= 0.6 is 0 Å². The van der Waals surface area contributed by atoms with E-state index in [1.54, 1.807) is 29.0 Å². The Balaban J connectivity index is 2.15. The Bertz CT molecular complexity index is 839. The van der Waals surface area contributed by atoms with Crippen molar-refractivity contribution in [1.82, 2.24) is 9.55 Å². The van der Waals surface area contributed by atoms with Crippen LogP contribution in [0.3, 0.4) is 0 Å². The maximum absolute atomic E-state index is 13.7. The van der Waals surface area contributed by atoms with E-state index in [1.165, 1.54) is 12.1 Å². The van der Waals surface area contributed by atoms with Gasteiger partial charge in [-0.3, -0.25) is 5.41 Å². The predicted octanol–water partition coefficient (Wildman–Crippen LogP) is 2.65. The molecule has 3 N–H and O–H groups in total. The van der Waals surface area contributed by atoms with Crippen LogP contribution in [0.25, 0.3) is 11.0 Å². The van der Waals surface area contributed by atoms with Gasteiger partial charge in [-0.15, -0.1) is 0 Å². The summed E-state index contributed by atoms with van der Waals surface area (Å²) in [5.74, 6) is -1.01. The molecule has 0 atom stereocenters. The second-order valence-electron chi connectivity index (χ2n) is 4.70. The van der Waals surface area contributed by atoms with Crippen LogP contribution in [-0.4, -0.2) is 15.4 Å². The van der Waals surface area contributed by atoms with Crippen molar-refractivity contribution >= 4 is 16.9 Å². The molecule has 1 aromatic carbocycles. The highest BCUT2D eigenvalue weighted by Crippen LogP contribution is 2.22. The number of nitrogens with two attached hydrogens (primary N) is 1. The number of benzene rings is 1. The van der Waals surface area contributed by atoms with Gasteiger partial charge in [-0.25, -0.2) is 13.8 Å². The number of rotatable bonds is 3. The molecule has 0 amide bonds. The molecule has 0 saturated heterocycles. The number of hydrogen-bond acceptors (Lipinski definition) is 2. The molecule has 21 heavy (non-hydrogen) atoms. The standard InChI is InChI=1S/C15H12F2N4/c16-10-5-11-12(14(18)19)8-21(15(11)20-6-10)7-9-3-1-2-4-13(9)17/h1-6,8H,7H2,(H3,18,19). The summed E-state index contributed by atoms with van der Waals surface area (Å²) in [7, 11) is 0. The first-order chi connectivity index (χ1) is 10.1. The van der Waals surface area contributed by atoms with Crippen molar-refractivity contribution in [2.75, 3.05) is 0 Å². The molecule has 0 bridgehead atoms. The fourth-order valence-corrected chi connectivity index (χ4v) is 2.29. The van der Waals surface area contributed by atoms with Gasteiger partial charge in [0.15, 0.2) is 0 Å². The molecule has 3 rings (SSSR count). The summed E-state index contributed by atoms with van der Waals surface area (Å²) in [5.41, 5.74) is 6.84. The van der Waals surface area contributed by atoms with E-state index in [1.807, 2.05) is 0 Å². The zero-order valence-electron chi connectivity index (χ0n) is 11.0. The Morgan fingerprint density at radius 2 is 2.05 bits per heavy atom. The van der Waals surface area contributed by atoms with Crippen molar-refractivity contribution in [3.63, 3.8) is 0 Å². The smallest absolute Gasteiger partial charge is 0.142 e. The molecular formula is C15H12F2N4. The van der Waals surface area contributed by atoms with Gasteiger partial charge in [0.1, 0.15) is 23.1 Å². The summed E-state index contributed by atoms with van der Waals surface area (Å²) in [6, 6.07) is 7.67. The zero-order valence-corrected chi connectivity index (χ0v) is 11.0. The van der Waals surface area contributed by atoms with Gasteiger partial charge in [0.05, 0.1) is 12.7 Å². The zero-order chi connectivity index (χ0) is 15.0. The summed E-state index contributed by atoms with van der Waals surface area (Å²) in [5, 5.41) is 8.01. The number of nitrogens with one attached hydrogen (secondary N) is 1. The monoisotopic (exact) mass is 286 g/mol. The third-order valence-corrected chi connectivity index (χ3v) is 3.27. The van der Waals surface area contributed by atoms with Crippen molar-refractivity contribution in [3.05, 3.63) is 65.5 Å². The largest absolute Gasteiger partial charge is 0.384 e. The highest BCUT2D eigenvalue weighted by molar-refractivity contribution is 6.06. The number of hydrogen-bond donors (Lipinski definition) is 2. The molecule has 2 heterocycles. The van der Waals surface area contributed by atoms with Gasteiger partial charge < -0.3 is 10.3 Å². The second-order valence-corrected chi connectivity index (χ2v) is 4.70. The van der Waals surface area contributed by atoms with E-state index in [0.29, 0.717) is 22.2 Å². The van der Waals surface area contributed by atoms with Gasteiger partial charge in [-0.2, -0.15) is 0 Å². The van der Waals surface area contributed by atoms with Crippen molar-refractivity contribution in [2.45, 2.75) is 6.54 Å². The minimum absolute atomic E-state index is 0.181.